The highest BCUT2D eigenvalue weighted by molar-refractivity contribution is 7.80. The van der Waals surface area contributed by atoms with Gasteiger partial charge in [0.25, 0.3) is 0 Å². The molecule has 0 aliphatic heterocycles. The Hall–Kier alpha value is -1.49. The van der Waals surface area contributed by atoms with E-state index in [2.05, 4.69) is 5.32 Å². The maximum atomic E-state index is 13.3. The Kier molecular flexibility index (Phi) is 5.22. The monoisotopic (exact) mass is 268 g/mol. The van der Waals surface area contributed by atoms with Gasteiger partial charge < -0.3 is 11.1 Å². The SMILES string of the molecule is CCCC(C(=O)Nc1ccc(C)c(F)c1)C(N)=S. The van der Waals surface area contributed by atoms with Gasteiger partial charge in [-0.05, 0) is 31.0 Å². The molecule has 1 aromatic rings. The topological polar surface area (TPSA) is 55.1 Å². The van der Waals surface area contributed by atoms with Crippen molar-refractivity contribution < 1.29 is 9.18 Å². The van der Waals surface area contributed by atoms with Gasteiger partial charge in [0.15, 0.2) is 0 Å². The summed E-state index contributed by atoms with van der Waals surface area (Å²) in [5.41, 5.74) is 6.48. The summed E-state index contributed by atoms with van der Waals surface area (Å²) in [6.07, 6.45) is 1.40. The Morgan fingerprint density at radius 2 is 2.22 bits per heavy atom. The molecule has 1 aromatic carbocycles. The molecular formula is C13H17FN2OS. The van der Waals surface area contributed by atoms with Crippen LogP contribution in [0.4, 0.5) is 10.1 Å². The fourth-order valence-electron chi connectivity index (χ4n) is 1.59. The highest BCUT2D eigenvalue weighted by atomic mass is 32.1. The van der Waals surface area contributed by atoms with Crippen LogP contribution < -0.4 is 11.1 Å². The maximum absolute atomic E-state index is 13.3. The van der Waals surface area contributed by atoms with Crippen molar-refractivity contribution >= 4 is 28.8 Å². The summed E-state index contributed by atoms with van der Waals surface area (Å²) in [6.45, 7) is 3.61. The van der Waals surface area contributed by atoms with Gasteiger partial charge in [-0.25, -0.2) is 4.39 Å². The lowest BCUT2D eigenvalue weighted by molar-refractivity contribution is -0.118. The van der Waals surface area contributed by atoms with E-state index < -0.39 is 5.92 Å². The largest absolute Gasteiger partial charge is 0.393 e. The Balaban J connectivity index is 2.79. The number of anilines is 1. The van der Waals surface area contributed by atoms with Crippen molar-refractivity contribution in [2.24, 2.45) is 11.7 Å². The van der Waals surface area contributed by atoms with Gasteiger partial charge in [-0.15, -0.1) is 0 Å². The van der Waals surface area contributed by atoms with Gasteiger partial charge >= 0.3 is 0 Å². The van der Waals surface area contributed by atoms with E-state index in [0.29, 0.717) is 17.7 Å². The van der Waals surface area contributed by atoms with Crippen LogP contribution in [0.5, 0.6) is 0 Å². The summed E-state index contributed by atoms with van der Waals surface area (Å²) < 4.78 is 13.3. The molecule has 1 amide bonds. The predicted octanol–water partition coefficient (Wildman–Crippen LogP) is 2.78. The van der Waals surface area contributed by atoms with Crippen LogP contribution in [0.15, 0.2) is 18.2 Å². The smallest absolute Gasteiger partial charge is 0.234 e. The normalized spacial score (nSPS) is 11.9. The maximum Gasteiger partial charge on any atom is 0.234 e. The molecule has 1 unspecified atom stereocenters. The number of benzene rings is 1. The van der Waals surface area contributed by atoms with E-state index in [-0.39, 0.29) is 16.7 Å². The summed E-state index contributed by atoms with van der Waals surface area (Å²) in [4.78, 5) is 12.1. The Morgan fingerprint density at radius 1 is 1.56 bits per heavy atom. The molecule has 0 radical (unpaired) electrons. The fraction of sp³-hybridized carbons (Fsp3) is 0.385. The average Bonchev–Trinajstić information content (AvgIpc) is 2.30. The summed E-state index contributed by atoms with van der Waals surface area (Å²) in [5.74, 6) is -1.14. The number of thiocarbonyl (C=S) groups is 1. The third kappa shape index (κ3) is 3.77. The zero-order valence-corrected chi connectivity index (χ0v) is 11.3. The number of hydrogen-bond acceptors (Lipinski definition) is 2. The molecule has 0 fully saturated rings. The molecule has 0 heterocycles. The summed E-state index contributed by atoms with van der Waals surface area (Å²) >= 11 is 4.86. The quantitative estimate of drug-likeness (QED) is 0.807. The van der Waals surface area contributed by atoms with Gasteiger partial charge in [0.05, 0.1) is 10.9 Å². The van der Waals surface area contributed by atoms with Crippen LogP contribution in [0.3, 0.4) is 0 Å². The lowest BCUT2D eigenvalue weighted by atomic mass is 10.0. The van der Waals surface area contributed by atoms with Gasteiger partial charge in [0.1, 0.15) is 5.82 Å². The molecule has 0 spiro atoms. The number of hydrogen-bond donors (Lipinski definition) is 2. The second-order valence-electron chi connectivity index (χ2n) is 4.20. The number of halogens is 1. The lowest BCUT2D eigenvalue weighted by Gasteiger charge is -2.14. The third-order valence-corrected chi connectivity index (χ3v) is 2.96. The number of nitrogens with two attached hydrogens (primary N) is 1. The van der Waals surface area contributed by atoms with Crippen LogP contribution in [0.1, 0.15) is 25.3 Å². The number of amides is 1. The predicted molar refractivity (Wildman–Crippen MR) is 75.0 cm³/mol. The summed E-state index contributed by atoms with van der Waals surface area (Å²) in [6, 6.07) is 4.55. The molecule has 0 aliphatic carbocycles. The van der Waals surface area contributed by atoms with Crippen molar-refractivity contribution in [3.05, 3.63) is 29.6 Å². The van der Waals surface area contributed by atoms with E-state index in [1.807, 2.05) is 6.92 Å². The highest BCUT2D eigenvalue weighted by Gasteiger charge is 2.20. The van der Waals surface area contributed by atoms with E-state index in [4.69, 9.17) is 18.0 Å². The molecule has 5 heteroatoms. The third-order valence-electron chi connectivity index (χ3n) is 2.68. The minimum absolute atomic E-state index is 0.168. The molecule has 0 saturated heterocycles. The summed E-state index contributed by atoms with van der Waals surface area (Å²) in [7, 11) is 0. The fourth-order valence-corrected chi connectivity index (χ4v) is 1.82. The van der Waals surface area contributed by atoms with E-state index in [1.54, 1.807) is 19.1 Å². The van der Waals surface area contributed by atoms with Crippen molar-refractivity contribution in [3.63, 3.8) is 0 Å². The molecule has 3 nitrogen and oxygen atoms in total. The number of carbonyl (C=O) groups is 1. The van der Waals surface area contributed by atoms with Crippen molar-refractivity contribution in [1.82, 2.24) is 0 Å². The van der Waals surface area contributed by atoms with Gasteiger partial charge in [0.2, 0.25) is 5.91 Å². The van der Waals surface area contributed by atoms with E-state index in [9.17, 15) is 9.18 Å². The summed E-state index contributed by atoms with van der Waals surface area (Å²) in [5, 5.41) is 2.63. The van der Waals surface area contributed by atoms with Gasteiger partial charge in [0, 0.05) is 5.69 Å². The minimum atomic E-state index is -0.505. The zero-order valence-electron chi connectivity index (χ0n) is 10.5. The van der Waals surface area contributed by atoms with E-state index >= 15 is 0 Å². The molecule has 3 N–H and O–H groups in total. The minimum Gasteiger partial charge on any atom is -0.393 e. The van der Waals surface area contributed by atoms with Gasteiger partial charge in [-0.1, -0.05) is 31.6 Å². The van der Waals surface area contributed by atoms with Crippen LogP contribution in [-0.4, -0.2) is 10.9 Å². The lowest BCUT2D eigenvalue weighted by Crippen LogP contribution is -2.33. The number of aryl methyl sites for hydroxylation is 1. The first-order valence-electron chi connectivity index (χ1n) is 5.82. The first kappa shape index (κ1) is 14.6. The number of rotatable bonds is 5. The van der Waals surface area contributed by atoms with E-state index in [0.717, 1.165) is 6.42 Å². The molecule has 0 aromatic heterocycles. The number of carbonyl (C=O) groups excluding carboxylic acids is 1. The Bertz CT molecular complexity index is 462. The molecule has 1 atom stereocenters. The van der Waals surface area contributed by atoms with Crippen LogP contribution >= 0.6 is 12.2 Å². The second-order valence-corrected chi connectivity index (χ2v) is 4.67. The molecule has 0 aliphatic rings. The first-order chi connectivity index (χ1) is 8.45. The standard InChI is InChI=1S/C13H17FN2OS/c1-3-4-10(12(15)18)13(17)16-9-6-5-8(2)11(14)7-9/h5-7,10H,3-4H2,1-2H3,(H2,15,18)(H,16,17). The molecule has 18 heavy (non-hydrogen) atoms. The molecule has 0 saturated carbocycles. The van der Waals surface area contributed by atoms with Crippen LogP contribution in [0.2, 0.25) is 0 Å². The van der Waals surface area contributed by atoms with Crippen molar-refractivity contribution in [2.45, 2.75) is 26.7 Å². The first-order valence-corrected chi connectivity index (χ1v) is 6.22. The van der Waals surface area contributed by atoms with E-state index in [1.165, 1.54) is 6.07 Å². The average molecular weight is 268 g/mol. The molecular weight excluding hydrogens is 251 g/mol. The zero-order chi connectivity index (χ0) is 13.7. The second kappa shape index (κ2) is 6.44. The van der Waals surface area contributed by atoms with Crippen molar-refractivity contribution in [3.8, 4) is 0 Å². The number of nitrogens with one attached hydrogen (secondary N) is 1. The van der Waals surface area contributed by atoms with Crippen LogP contribution in [-0.2, 0) is 4.79 Å². The molecule has 98 valence electrons. The van der Waals surface area contributed by atoms with Gasteiger partial charge in [-0.3, -0.25) is 4.79 Å². The van der Waals surface area contributed by atoms with Gasteiger partial charge in [-0.2, -0.15) is 0 Å². The highest BCUT2D eigenvalue weighted by Crippen LogP contribution is 2.16. The van der Waals surface area contributed by atoms with Crippen LogP contribution in [0, 0.1) is 18.7 Å². The Labute approximate surface area is 112 Å². The van der Waals surface area contributed by atoms with Crippen LogP contribution in [0.25, 0.3) is 0 Å². The van der Waals surface area contributed by atoms with Crippen molar-refractivity contribution in [1.29, 1.82) is 0 Å². The van der Waals surface area contributed by atoms with Crippen molar-refractivity contribution in [2.75, 3.05) is 5.32 Å². The Morgan fingerprint density at radius 3 is 2.72 bits per heavy atom. The molecule has 0 bridgehead atoms. The molecule has 1 rings (SSSR count).